The first-order chi connectivity index (χ1) is 14.2. The van der Waals surface area contributed by atoms with Crippen LogP contribution in [0.1, 0.15) is 36.6 Å². The summed E-state index contributed by atoms with van der Waals surface area (Å²) in [5.74, 6) is -0.0166. The highest BCUT2D eigenvalue weighted by molar-refractivity contribution is 7.13. The number of aromatic nitrogens is 1. The predicted molar refractivity (Wildman–Crippen MR) is 120 cm³/mol. The number of benzene rings is 2. The number of anilines is 1. The second kappa shape index (κ2) is 9.33. The summed E-state index contributed by atoms with van der Waals surface area (Å²) in [5, 5.41) is 6.04. The van der Waals surface area contributed by atoms with Crippen LogP contribution in [-0.2, 0) is 24.2 Å². The number of hydrogen-bond donors (Lipinski definition) is 1. The Morgan fingerprint density at radius 1 is 1.10 bits per heavy atom. The first kappa shape index (κ1) is 19.8. The number of nitrogens with one attached hydrogen (secondary N) is 1. The van der Waals surface area contributed by atoms with E-state index in [0.29, 0.717) is 6.42 Å². The molecule has 0 spiro atoms. The van der Waals surface area contributed by atoms with Gasteiger partial charge in [0, 0.05) is 23.2 Å². The fourth-order valence-corrected chi connectivity index (χ4v) is 4.55. The number of carbonyl (C=O) groups is 1. The van der Waals surface area contributed by atoms with E-state index in [-0.39, 0.29) is 5.91 Å². The van der Waals surface area contributed by atoms with Gasteiger partial charge < -0.3 is 5.32 Å². The van der Waals surface area contributed by atoms with Gasteiger partial charge in [0.1, 0.15) is 5.01 Å². The van der Waals surface area contributed by atoms with Gasteiger partial charge in [-0.15, -0.1) is 11.3 Å². The van der Waals surface area contributed by atoms with E-state index in [2.05, 4.69) is 52.5 Å². The largest absolute Gasteiger partial charge is 0.325 e. The normalized spacial score (nSPS) is 14.2. The van der Waals surface area contributed by atoms with Crippen LogP contribution in [0.25, 0.3) is 10.6 Å². The number of thiazole rings is 1. The molecule has 1 aliphatic rings. The van der Waals surface area contributed by atoms with Crippen molar-refractivity contribution in [2.24, 2.45) is 0 Å². The second-order valence-corrected chi connectivity index (χ2v) is 8.42. The van der Waals surface area contributed by atoms with Gasteiger partial charge in [-0.1, -0.05) is 49.4 Å². The minimum atomic E-state index is -0.0166. The lowest BCUT2D eigenvalue weighted by atomic mass is 10.1. The van der Waals surface area contributed by atoms with E-state index in [1.165, 1.54) is 24.0 Å². The molecular weight excluding hydrogens is 378 g/mol. The topological polar surface area (TPSA) is 45.2 Å². The molecule has 2 aromatic carbocycles. The van der Waals surface area contributed by atoms with Crippen molar-refractivity contribution in [1.29, 1.82) is 0 Å². The zero-order valence-electron chi connectivity index (χ0n) is 16.9. The number of rotatable bonds is 7. The van der Waals surface area contributed by atoms with Crippen molar-refractivity contribution in [3.05, 3.63) is 70.7 Å². The summed E-state index contributed by atoms with van der Waals surface area (Å²) in [6, 6.07) is 16.6. The van der Waals surface area contributed by atoms with E-state index in [1.54, 1.807) is 11.3 Å². The Balaban J connectivity index is 1.39. The van der Waals surface area contributed by atoms with Gasteiger partial charge >= 0.3 is 0 Å². The highest BCUT2D eigenvalue weighted by atomic mass is 32.1. The van der Waals surface area contributed by atoms with Crippen LogP contribution in [0.5, 0.6) is 0 Å². The fourth-order valence-electron chi connectivity index (χ4n) is 3.72. The quantitative estimate of drug-likeness (QED) is 0.591. The Labute approximate surface area is 176 Å². The average Bonchev–Trinajstić information content (AvgIpc) is 3.42. The van der Waals surface area contributed by atoms with Crippen molar-refractivity contribution in [3.8, 4) is 10.6 Å². The highest BCUT2D eigenvalue weighted by Gasteiger charge is 2.15. The Morgan fingerprint density at radius 2 is 1.86 bits per heavy atom. The number of hydrogen-bond acceptors (Lipinski definition) is 4. The molecule has 1 saturated heterocycles. The van der Waals surface area contributed by atoms with Gasteiger partial charge in [-0.2, -0.15) is 0 Å². The SMILES string of the molecule is CCc1ccc(-c2nc(CC(=O)Nc3ccccc3CN3CCCC3)cs2)cc1. The molecule has 1 N–H and O–H groups in total. The van der Waals surface area contributed by atoms with Crippen molar-refractivity contribution in [1.82, 2.24) is 9.88 Å². The Kier molecular flexibility index (Phi) is 6.37. The summed E-state index contributed by atoms with van der Waals surface area (Å²) < 4.78 is 0. The number of aryl methyl sites for hydroxylation is 1. The van der Waals surface area contributed by atoms with Gasteiger partial charge in [0.25, 0.3) is 0 Å². The number of para-hydroxylation sites is 1. The Hall–Kier alpha value is -2.50. The zero-order valence-corrected chi connectivity index (χ0v) is 17.7. The molecule has 0 saturated carbocycles. The lowest BCUT2D eigenvalue weighted by molar-refractivity contribution is -0.115. The Bertz CT molecular complexity index is 958. The summed E-state index contributed by atoms with van der Waals surface area (Å²) in [6.45, 7) is 5.33. The first-order valence-electron chi connectivity index (χ1n) is 10.3. The minimum Gasteiger partial charge on any atom is -0.325 e. The summed E-state index contributed by atoms with van der Waals surface area (Å²) in [7, 11) is 0. The van der Waals surface area contributed by atoms with E-state index >= 15 is 0 Å². The first-order valence-corrected chi connectivity index (χ1v) is 11.2. The van der Waals surface area contributed by atoms with Gasteiger partial charge in [0.15, 0.2) is 0 Å². The lowest BCUT2D eigenvalue weighted by Gasteiger charge is -2.17. The smallest absolute Gasteiger partial charge is 0.230 e. The number of likely N-dealkylation sites (tertiary alicyclic amines) is 1. The molecule has 1 fully saturated rings. The van der Waals surface area contributed by atoms with E-state index in [9.17, 15) is 4.79 Å². The van der Waals surface area contributed by atoms with E-state index < -0.39 is 0 Å². The zero-order chi connectivity index (χ0) is 20.1. The van der Waals surface area contributed by atoms with Crippen LogP contribution < -0.4 is 5.32 Å². The molecule has 29 heavy (non-hydrogen) atoms. The molecule has 0 atom stereocenters. The van der Waals surface area contributed by atoms with Crippen LogP contribution in [0.15, 0.2) is 53.9 Å². The van der Waals surface area contributed by atoms with Crippen LogP contribution in [0.3, 0.4) is 0 Å². The van der Waals surface area contributed by atoms with Gasteiger partial charge in [-0.3, -0.25) is 9.69 Å². The lowest BCUT2D eigenvalue weighted by Crippen LogP contribution is -2.21. The highest BCUT2D eigenvalue weighted by Crippen LogP contribution is 2.25. The summed E-state index contributed by atoms with van der Waals surface area (Å²) in [5.41, 5.74) is 5.33. The predicted octanol–water partition coefficient (Wildman–Crippen LogP) is 5.15. The molecule has 0 bridgehead atoms. The third kappa shape index (κ3) is 5.11. The summed E-state index contributed by atoms with van der Waals surface area (Å²) >= 11 is 1.59. The molecule has 3 aromatic rings. The molecule has 4 nitrogen and oxygen atoms in total. The van der Waals surface area contributed by atoms with Crippen molar-refractivity contribution < 1.29 is 4.79 Å². The van der Waals surface area contributed by atoms with Crippen molar-refractivity contribution in [3.63, 3.8) is 0 Å². The summed E-state index contributed by atoms with van der Waals surface area (Å²) in [4.78, 5) is 19.8. The van der Waals surface area contributed by atoms with Crippen LogP contribution in [0.4, 0.5) is 5.69 Å². The fraction of sp³-hybridized carbons (Fsp3) is 0.333. The molecule has 0 radical (unpaired) electrons. The molecule has 1 amide bonds. The average molecular weight is 406 g/mol. The number of amides is 1. The molecule has 150 valence electrons. The van der Waals surface area contributed by atoms with E-state index in [4.69, 9.17) is 0 Å². The molecule has 1 aliphatic heterocycles. The van der Waals surface area contributed by atoms with Crippen molar-refractivity contribution in [2.45, 2.75) is 39.2 Å². The number of nitrogens with zero attached hydrogens (tertiary/aromatic N) is 2. The molecule has 0 aliphatic carbocycles. The molecule has 0 unspecified atom stereocenters. The second-order valence-electron chi connectivity index (χ2n) is 7.56. The van der Waals surface area contributed by atoms with Crippen molar-refractivity contribution in [2.75, 3.05) is 18.4 Å². The van der Waals surface area contributed by atoms with Crippen LogP contribution in [0, 0.1) is 0 Å². The third-order valence-corrected chi connectivity index (χ3v) is 6.33. The monoisotopic (exact) mass is 405 g/mol. The Morgan fingerprint density at radius 3 is 2.62 bits per heavy atom. The number of carbonyl (C=O) groups excluding carboxylic acids is 1. The van der Waals surface area contributed by atoms with Crippen LogP contribution in [-0.4, -0.2) is 28.9 Å². The van der Waals surface area contributed by atoms with Gasteiger partial charge in [0.2, 0.25) is 5.91 Å². The summed E-state index contributed by atoms with van der Waals surface area (Å²) in [6.07, 6.45) is 3.86. The molecule has 5 heteroatoms. The van der Waals surface area contributed by atoms with Gasteiger partial charge in [0.05, 0.1) is 12.1 Å². The standard InChI is InChI=1S/C24H27N3OS/c1-2-18-9-11-19(12-10-18)24-25-21(17-29-24)15-23(28)26-22-8-4-3-7-20(22)16-27-13-5-6-14-27/h3-4,7-12,17H,2,5-6,13-16H2,1H3,(H,26,28). The maximum absolute atomic E-state index is 12.6. The van der Waals surface area contributed by atoms with Crippen LogP contribution >= 0.6 is 11.3 Å². The third-order valence-electron chi connectivity index (χ3n) is 5.39. The minimum absolute atomic E-state index is 0.0166. The van der Waals surface area contributed by atoms with E-state index in [0.717, 1.165) is 48.0 Å². The van der Waals surface area contributed by atoms with Gasteiger partial charge in [-0.25, -0.2) is 4.98 Å². The van der Waals surface area contributed by atoms with E-state index in [1.807, 2.05) is 23.6 Å². The molecule has 2 heterocycles. The van der Waals surface area contributed by atoms with Crippen LogP contribution in [0.2, 0.25) is 0 Å². The molecule has 1 aromatic heterocycles. The molecular formula is C24H27N3OS. The maximum atomic E-state index is 12.6. The van der Waals surface area contributed by atoms with Crippen molar-refractivity contribution >= 4 is 22.9 Å². The van der Waals surface area contributed by atoms with Gasteiger partial charge in [-0.05, 0) is 49.5 Å². The molecule has 4 rings (SSSR count). The maximum Gasteiger partial charge on any atom is 0.230 e.